The summed E-state index contributed by atoms with van der Waals surface area (Å²) in [6.45, 7) is 28.6. The Morgan fingerprint density at radius 3 is 1.04 bits per heavy atom. The molecule has 6 aromatic carbocycles. The highest BCUT2D eigenvalue weighted by Crippen LogP contribution is 2.56. The highest BCUT2D eigenvalue weighted by molar-refractivity contribution is 8.01. The molecule has 2 heterocycles. The number of hydrogen-bond donors (Lipinski definition) is 2. The lowest BCUT2D eigenvalue weighted by Gasteiger charge is -2.28. The van der Waals surface area contributed by atoms with Crippen LogP contribution in [0.4, 0.5) is 11.4 Å². The highest BCUT2D eigenvalue weighted by atomic mass is 32.2. The molecule has 446 valence electrons. The SMILES string of the molecule is CC(C)(C)c1cc2c(OCCN=Cc3cc([N+](=O)[O-])ccc3O)c(c1)Sc1cc(C(C)(C)C)cc3c1OCCOCCOCCOc1c(cc(C(C)(C)C)cc1Sc1cc(C(C)(C)C)cc(c1OCCN=Cc1cc([N+](=O)[O-])ccc1O)S3)S2. The molecule has 0 atom stereocenters. The number of hydrogen-bond acceptors (Lipinski definition) is 18. The number of non-ortho nitro benzene ring substituents is 2. The van der Waals surface area contributed by atoms with Gasteiger partial charge >= 0.3 is 0 Å². The Kier molecular flexibility index (Phi) is 20.3. The van der Waals surface area contributed by atoms with Crippen LogP contribution in [-0.2, 0) is 31.1 Å². The molecule has 0 unspecified atom stereocenters. The number of nitrogens with zero attached hydrogens (tertiary/aromatic N) is 4. The Bertz CT molecular complexity index is 3150. The molecular formula is C64H74N4O12S4. The number of phenolic OH excluding ortho intramolecular Hbond substituents is 2. The summed E-state index contributed by atoms with van der Waals surface area (Å²) in [7, 11) is 0. The Morgan fingerprint density at radius 2 is 0.750 bits per heavy atom. The third-order valence-corrected chi connectivity index (χ3v) is 17.8. The van der Waals surface area contributed by atoms with E-state index < -0.39 is 9.85 Å². The van der Waals surface area contributed by atoms with Crippen molar-refractivity contribution >= 4 is 70.9 Å². The third kappa shape index (κ3) is 16.3. The van der Waals surface area contributed by atoms with E-state index in [2.05, 4.69) is 142 Å². The van der Waals surface area contributed by atoms with E-state index in [9.17, 15) is 30.4 Å². The van der Waals surface area contributed by atoms with E-state index in [1.165, 1.54) is 48.8 Å². The van der Waals surface area contributed by atoms with Crippen molar-refractivity contribution in [1.82, 2.24) is 0 Å². The Labute approximate surface area is 509 Å². The molecule has 0 spiro atoms. The quantitative estimate of drug-likeness (QED) is 0.0505. The summed E-state index contributed by atoms with van der Waals surface area (Å²) in [6.07, 6.45) is 2.85. The van der Waals surface area contributed by atoms with Gasteiger partial charge in [-0.1, -0.05) is 130 Å². The van der Waals surface area contributed by atoms with E-state index in [1.807, 2.05) is 0 Å². The first-order valence-electron chi connectivity index (χ1n) is 27.7. The van der Waals surface area contributed by atoms with Gasteiger partial charge in [0.1, 0.15) is 60.9 Å². The number of ether oxygens (including phenoxy) is 6. The van der Waals surface area contributed by atoms with Crippen molar-refractivity contribution in [2.75, 3.05) is 65.9 Å². The normalized spacial score (nSPS) is 14.7. The summed E-state index contributed by atoms with van der Waals surface area (Å²) < 4.78 is 40.3. The molecule has 0 aromatic heterocycles. The topological polar surface area (TPSA) is 207 Å². The van der Waals surface area contributed by atoms with Crippen molar-refractivity contribution in [3.05, 3.63) is 139 Å². The molecule has 0 saturated carbocycles. The summed E-state index contributed by atoms with van der Waals surface area (Å²) >= 11 is 6.22. The molecule has 0 saturated heterocycles. The number of benzene rings is 6. The molecule has 0 fully saturated rings. The lowest BCUT2D eigenvalue weighted by molar-refractivity contribution is -0.385. The Morgan fingerprint density at radius 1 is 0.464 bits per heavy atom. The summed E-state index contributed by atoms with van der Waals surface area (Å²) in [6, 6.07) is 25.2. The van der Waals surface area contributed by atoms with Gasteiger partial charge in [-0.05, 0) is 105 Å². The van der Waals surface area contributed by atoms with Crippen molar-refractivity contribution in [1.29, 1.82) is 0 Å². The van der Waals surface area contributed by atoms with E-state index in [0.29, 0.717) is 36.2 Å². The van der Waals surface area contributed by atoms with Crippen molar-refractivity contribution in [2.24, 2.45) is 9.98 Å². The molecule has 2 aliphatic rings. The fourth-order valence-corrected chi connectivity index (χ4v) is 13.4. The molecule has 0 aliphatic carbocycles. The first-order valence-corrected chi connectivity index (χ1v) is 31.0. The summed E-state index contributed by atoms with van der Waals surface area (Å²) in [5.41, 5.74) is 3.07. The van der Waals surface area contributed by atoms with Gasteiger partial charge in [-0.3, -0.25) is 30.2 Å². The fraction of sp³-hybridized carbons (Fsp3) is 0.406. The maximum absolute atomic E-state index is 11.6. The van der Waals surface area contributed by atoms with Gasteiger partial charge in [0.15, 0.2) is 0 Å². The third-order valence-electron chi connectivity index (χ3n) is 13.6. The minimum Gasteiger partial charge on any atom is -0.507 e. The van der Waals surface area contributed by atoms with E-state index in [0.717, 1.165) is 61.4 Å². The molecule has 8 rings (SSSR count). The summed E-state index contributed by atoms with van der Waals surface area (Å²) in [4.78, 5) is 38.1. The van der Waals surface area contributed by atoms with E-state index in [-0.39, 0.29) is 108 Å². The van der Waals surface area contributed by atoms with Gasteiger partial charge in [0.05, 0.1) is 88.5 Å². The van der Waals surface area contributed by atoms with Crippen LogP contribution in [-0.4, -0.2) is 98.4 Å². The molecule has 6 aromatic rings. The van der Waals surface area contributed by atoms with Crippen LogP contribution in [0.1, 0.15) is 116 Å². The van der Waals surface area contributed by atoms with E-state index in [1.54, 1.807) is 47.0 Å². The maximum atomic E-state index is 11.6. The number of phenols is 2. The zero-order valence-corrected chi connectivity index (χ0v) is 53.0. The van der Waals surface area contributed by atoms with Crippen LogP contribution in [0.25, 0.3) is 0 Å². The monoisotopic (exact) mass is 1220 g/mol. The van der Waals surface area contributed by atoms with Crippen LogP contribution in [0.2, 0.25) is 0 Å². The predicted octanol–water partition coefficient (Wildman–Crippen LogP) is 15.8. The molecule has 84 heavy (non-hydrogen) atoms. The number of aliphatic imine (C=N–C) groups is 2. The molecule has 20 heteroatoms. The van der Waals surface area contributed by atoms with Crippen LogP contribution in [0.3, 0.4) is 0 Å². The highest BCUT2D eigenvalue weighted by Gasteiger charge is 2.31. The lowest BCUT2D eigenvalue weighted by atomic mass is 9.87. The molecule has 10 bridgehead atoms. The van der Waals surface area contributed by atoms with Gasteiger partial charge < -0.3 is 38.6 Å². The largest absolute Gasteiger partial charge is 0.507 e. The first-order chi connectivity index (χ1) is 39.6. The Hall–Kier alpha value is -6.42. The van der Waals surface area contributed by atoms with E-state index in [4.69, 9.17) is 28.4 Å². The second-order valence-electron chi connectivity index (χ2n) is 24.3. The zero-order valence-electron chi connectivity index (χ0n) is 49.7. The number of fused-ring (bicyclic) bond motifs is 2. The lowest BCUT2D eigenvalue weighted by Crippen LogP contribution is -2.15. The minimum atomic E-state index is -0.512. The van der Waals surface area contributed by atoms with Gasteiger partial charge in [0.25, 0.3) is 11.4 Å². The number of nitro groups is 2. The minimum absolute atomic E-state index is 0.117. The average Bonchev–Trinajstić information content (AvgIpc) is 1.55. The number of rotatable bonds is 12. The van der Waals surface area contributed by atoms with Crippen LogP contribution >= 0.6 is 47.0 Å². The average molecular weight is 1220 g/mol. The first kappa shape index (κ1) is 63.6. The van der Waals surface area contributed by atoms with Crippen LogP contribution < -0.4 is 18.9 Å². The number of nitro benzene ring substituents is 2. The molecule has 0 radical (unpaired) electrons. The summed E-state index contributed by atoms with van der Waals surface area (Å²) in [5, 5.41) is 44.4. The molecular weight excluding hydrogens is 1140 g/mol. The molecule has 2 aliphatic heterocycles. The standard InChI is InChI=1S/C64H74N4O12S4/c1-61(2,3)41-29-49-57(77-19-17-65-37-39-27-45(67(71)72)13-15-47(39)69)50(30-41)82-54-34-44(64(10,11)12)36-56-60(54)80-26-24-76-22-21-75-23-25-79-59-53(81-49)33-43(63(7,8)9)35-55(59)83-51-31-42(62(4,5)6)32-52(84-56)58(51)78-20-18-66-38-40-28-46(68(73)74)14-16-48(40)70/h13-16,27-38,69-70H,17-26H2,1-12H3. The second-order valence-corrected chi connectivity index (χ2v) is 28.6. The van der Waals surface area contributed by atoms with Gasteiger partial charge in [-0.25, -0.2) is 0 Å². The van der Waals surface area contributed by atoms with Crippen molar-refractivity contribution in [3.8, 4) is 34.5 Å². The number of aromatic hydroxyl groups is 2. The van der Waals surface area contributed by atoms with Gasteiger partial charge in [0.2, 0.25) is 0 Å². The maximum Gasteiger partial charge on any atom is 0.270 e. The van der Waals surface area contributed by atoms with Crippen LogP contribution in [0.15, 0.2) is 134 Å². The van der Waals surface area contributed by atoms with Crippen LogP contribution in [0, 0.1) is 20.2 Å². The Balaban J connectivity index is 1.38. The molecule has 2 N–H and O–H groups in total. The summed E-state index contributed by atoms with van der Waals surface area (Å²) in [5.74, 6) is 2.26. The predicted molar refractivity (Wildman–Crippen MR) is 335 cm³/mol. The van der Waals surface area contributed by atoms with E-state index >= 15 is 0 Å². The zero-order chi connectivity index (χ0) is 60.7. The molecule has 16 nitrogen and oxygen atoms in total. The van der Waals surface area contributed by atoms with Gasteiger partial charge in [-0.2, -0.15) is 0 Å². The second kappa shape index (κ2) is 26.9. The van der Waals surface area contributed by atoms with Gasteiger partial charge in [0, 0.05) is 47.8 Å². The van der Waals surface area contributed by atoms with Crippen LogP contribution in [0.5, 0.6) is 34.5 Å². The molecule has 0 amide bonds. The van der Waals surface area contributed by atoms with Crippen molar-refractivity contribution in [3.63, 3.8) is 0 Å². The van der Waals surface area contributed by atoms with Crippen molar-refractivity contribution < 1.29 is 48.5 Å². The fourth-order valence-electron chi connectivity index (χ4n) is 8.66. The smallest absolute Gasteiger partial charge is 0.270 e. The van der Waals surface area contributed by atoms with Crippen molar-refractivity contribution in [2.45, 2.75) is 144 Å². The van der Waals surface area contributed by atoms with Gasteiger partial charge in [-0.15, -0.1) is 0 Å².